The van der Waals surface area contributed by atoms with Crippen molar-refractivity contribution in [3.05, 3.63) is 47.3 Å². The smallest absolute Gasteiger partial charge is 0.253 e. The molecule has 2 fully saturated rings. The highest BCUT2D eigenvalue weighted by molar-refractivity contribution is 5.95. The Hall–Kier alpha value is -2.63. The van der Waals surface area contributed by atoms with Crippen LogP contribution in [0.5, 0.6) is 0 Å². The monoisotopic (exact) mass is 366 g/mol. The van der Waals surface area contributed by atoms with Crippen molar-refractivity contribution in [2.45, 2.75) is 33.1 Å². The molecule has 1 aromatic carbocycles. The Morgan fingerprint density at radius 1 is 1.11 bits per heavy atom. The first-order chi connectivity index (χ1) is 12.9. The molecule has 2 aliphatic heterocycles. The summed E-state index contributed by atoms with van der Waals surface area (Å²) in [5.41, 5.74) is 3.27. The summed E-state index contributed by atoms with van der Waals surface area (Å²) in [6.45, 7) is 5.99. The van der Waals surface area contributed by atoms with Crippen molar-refractivity contribution in [2.24, 2.45) is 5.41 Å². The molecular weight excluding hydrogens is 340 g/mol. The van der Waals surface area contributed by atoms with Crippen molar-refractivity contribution in [1.29, 1.82) is 0 Å². The van der Waals surface area contributed by atoms with Crippen molar-refractivity contribution in [3.63, 3.8) is 0 Å². The number of hydrogen-bond donors (Lipinski definition) is 0. The van der Waals surface area contributed by atoms with Gasteiger partial charge in [-0.25, -0.2) is 4.68 Å². The molecule has 0 unspecified atom stereocenters. The minimum atomic E-state index is -0.369. The topological polar surface area (TPSA) is 58.4 Å². The maximum atomic E-state index is 13.0. The molecule has 0 radical (unpaired) electrons. The summed E-state index contributed by atoms with van der Waals surface area (Å²) >= 11 is 0. The minimum absolute atomic E-state index is 0.00724. The quantitative estimate of drug-likeness (QED) is 0.821. The van der Waals surface area contributed by atoms with E-state index in [-0.39, 0.29) is 17.2 Å². The van der Waals surface area contributed by atoms with E-state index in [0.717, 1.165) is 42.9 Å². The average Bonchev–Trinajstić information content (AvgIpc) is 3.23. The fourth-order valence-corrected chi connectivity index (χ4v) is 4.51. The zero-order valence-electron chi connectivity index (χ0n) is 16.2. The van der Waals surface area contributed by atoms with E-state index in [1.54, 1.807) is 0 Å². The number of amides is 2. The van der Waals surface area contributed by atoms with Crippen LogP contribution in [0.2, 0.25) is 0 Å². The zero-order chi connectivity index (χ0) is 19.2. The molecule has 1 aromatic heterocycles. The van der Waals surface area contributed by atoms with Crippen LogP contribution in [-0.2, 0) is 4.79 Å². The van der Waals surface area contributed by atoms with Crippen LogP contribution in [-0.4, -0.2) is 58.1 Å². The molecule has 0 aliphatic carbocycles. The molecule has 2 saturated heterocycles. The molecule has 27 heavy (non-hydrogen) atoms. The van der Waals surface area contributed by atoms with E-state index in [4.69, 9.17) is 0 Å². The van der Waals surface area contributed by atoms with Gasteiger partial charge in [-0.1, -0.05) is 0 Å². The molecule has 3 heterocycles. The van der Waals surface area contributed by atoms with Gasteiger partial charge in [0.15, 0.2) is 0 Å². The second-order valence-electron chi connectivity index (χ2n) is 7.97. The lowest BCUT2D eigenvalue weighted by molar-refractivity contribution is -0.143. The fraction of sp³-hybridized carbons (Fsp3) is 0.476. The second-order valence-corrected chi connectivity index (χ2v) is 7.97. The van der Waals surface area contributed by atoms with Gasteiger partial charge >= 0.3 is 0 Å². The molecule has 2 amide bonds. The third-order valence-corrected chi connectivity index (χ3v) is 5.96. The second kappa shape index (κ2) is 6.51. The van der Waals surface area contributed by atoms with Gasteiger partial charge in [-0.3, -0.25) is 9.59 Å². The predicted molar refractivity (Wildman–Crippen MR) is 103 cm³/mol. The molecule has 0 bridgehead atoms. The molecule has 142 valence electrons. The van der Waals surface area contributed by atoms with E-state index in [9.17, 15) is 9.59 Å². The lowest BCUT2D eigenvalue weighted by atomic mass is 9.78. The van der Waals surface area contributed by atoms with Crippen LogP contribution in [0.15, 0.2) is 30.3 Å². The average molecular weight is 366 g/mol. The zero-order valence-corrected chi connectivity index (χ0v) is 16.2. The normalized spacial score (nSPS) is 22.7. The number of carbonyl (C=O) groups is 2. The Morgan fingerprint density at radius 3 is 2.52 bits per heavy atom. The number of aryl methyl sites for hydroxylation is 2. The standard InChI is InChI=1S/C21H26N4O2/c1-15-13-16(2)25(22-15)18-7-5-17(6-8-18)19(26)24-12-10-21(14-24)9-4-11-23(3)20(21)27/h5-8,13H,4,9-12,14H2,1-3H3/t21-/m1/s1. The highest BCUT2D eigenvalue weighted by Gasteiger charge is 2.48. The molecule has 2 aliphatic rings. The third kappa shape index (κ3) is 3.03. The first-order valence-corrected chi connectivity index (χ1v) is 9.58. The van der Waals surface area contributed by atoms with E-state index in [0.29, 0.717) is 18.7 Å². The molecule has 1 atom stereocenters. The van der Waals surface area contributed by atoms with Crippen LogP contribution in [0.4, 0.5) is 0 Å². The Balaban J connectivity index is 1.50. The first kappa shape index (κ1) is 17.8. The van der Waals surface area contributed by atoms with Crippen LogP contribution >= 0.6 is 0 Å². The van der Waals surface area contributed by atoms with E-state index < -0.39 is 0 Å². The number of aromatic nitrogens is 2. The number of benzene rings is 1. The van der Waals surface area contributed by atoms with Gasteiger partial charge in [-0.15, -0.1) is 0 Å². The predicted octanol–water partition coefficient (Wildman–Crippen LogP) is 2.57. The van der Waals surface area contributed by atoms with Crippen LogP contribution < -0.4 is 0 Å². The van der Waals surface area contributed by atoms with E-state index >= 15 is 0 Å². The molecule has 0 N–H and O–H groups in total. The molecule has 1 spiro atoms. The van der Waals surface area contributed by atoms with E-state index in [1.165, 1.54) is 0 Å². The highest BCUT2D eigenvalue weighted by atomic mass is 16.2. The molecule has 0 saturated carbocycles. The lowest BCUT2D eigenvalue weighted by Gasteiger charge is -2.37. The molecule has 6 nitrogen and oxygen atoms in total. The van der Waals surface area contributed by atoms with Crippen molar-refractivity contribution >= 4 is 11.8 Å². The largest absolute Gasteiger partial charge is 0.345 e. The van der Waals surface area contributed by atoms with Gasteiger partial charge in [0.1, 0.15) is 0 Å². The maximum absolute atomic E-state index is 13.0. The Kier molecular flexibility index (Phi) is 4.29. The number of hydrogen-bond acceptors (Lipinski definition) is 3. The van der Waals surface area contributed by atoms with Crippen molar-refractivity contribution in [1.82, 2.24) is 19.6 Å². The van der Waals surface area contributed by atoms with Gasteiger partial charge in [0.05, 0.1) is 16.8 Å². The van der Waals surface area contributed by atoms with Gasteiger partial charge in [-0.2, -0.15) is 5.10 Å². The van der Waals surface area contributed by atoms with Gasteiger partial charge in [0.2, 0.25) is 5.91 Å². The number of piperidine rings is 1. The lowest BCUT2D eigenvalue weighted by Crippen LogP contribution is -2.48. The van der Waals surface area contributed by atoms with Crippen molar-refractivity contribution < 1.29 is 9.59 Å². The van der Waals surface area contributed by atoms with E-state index in [1.807, 2.05) is 65.7 Å². The molecule has 6 heteroatoms. The number of likely N-dealkylation sites (tertiary alicyclic amines) is 2. The third-order valence-electron chi connectivity index (χ3n) is 5.96. The number of nitrogens with zero attached hydrogens (tertiary/aromatic N) is 4. The first-order valence-electron chi connectivity index (χ1n) is 9.58. The summed E-state index contributed by atoms with van der Waals surface area (Å²) in [5.74, 6) is 0.205. The van der Waals surface area contributed by atoms with Crippen LogP contribution in [0.1, 0.15) is 41.0 Å². The van der Waals surface area contributed by atoms with Crippen LogP contribution in [0.25, 0.3) is 5.69 Å². The summed E-state index contributed by atoms with van der Waals surface area (Å²) in [4.78, 5) is 29.3. The van der Waals surface area contributed by atoms with Gasteiger partial charge < -0.3 is 9.80 Å². The number of rotatable bonds is 2. The summed E-state index contributed by atoms with van der Waals surface area (Å²) in [7, 11) is 1.87. The Morgan fingerprint density at radius 2 is 1.85 bits per heavy atom. The minimum Gasteiger partial charge on any atom is -0.345 e. The highest BCUT2D eigenvalue weighted by Crippen LogP contribution is 2.40. The summed E-state index contributed by atoms with van der Waals surface area (Å²) in [5, 5.41) is 4.48. The summed E-state index contributed by atoms with van der Waals surface area (Å²) in [6.07, 6.45) is 2.67. The van der Waals surface area contributed by atoms with Crippen LogP contribution in [0, 0.1) is 19.3 Å². The van der Waals surface area contributed by atoms with Crippen LogP contribution in [0.3, 0.4) is 0 Å². The summed E-state index contributed by atoms with van der Waals surface area (Å²) in [6, 6.07) is 9.60. The van der Waals surface area contributed by atoms with Gasteiger partial charge in [0.25, 0.3) is 5.91 Å². The maximum Gasteiger partial charge on any atom is 0.253 e. The SMILES string of the molecule is Cc1cc(C)n(-c2ccc(C(=O)N3CC[C@]4(CCCN(C)C4=O)C3)cc2)n1. The van der Waals surface area contributed by atoms with Gasteiger partial charge in [-0.05, 0) is 63.4 Å². The van der Waals surface area contributed by atoms with Crippen molar-refractivity contribution in [3.8, 4) is 5.69 Å². The van der Waals surface area contributed by atoms with E-state index in [2.05, 4.69) is 5.10 Å². The van der Waals surface area contributed by atoms with Crippen molar-refractivity contribution in [2.75, 3.05) is 26.7 Å². The Labute approximate surface area is 159 Å². The molecule has 2 aromatic rings. The number of carbonyl (C=O) groups excluding carboxylic acids is 2. The molecular formula is C21H26N4O2. The molecule has 4 rings (SSSR count). The Bertz CT molecular complexity index is 886. The van der Waals surface area contributed by atoms with Gasteiger partial charge in [0, 0.05) is 37.9 Å². The fourth-order valence-electron chi connectivity index (χ4n) is 4.51. The summed E-state index contributed by atoms with van der Waals surface area (Å²) < 4.78 is 1.88.